The van der Waals surface area contributed by atoms with E-state index in [1.54, 1.807) is 23.8 Å². The number of aliphatic hydroxyl groups is 1. The molecule has 0 atom stereocenters. The van der Waals surface area contributed by atoms with E-state index in [4.69, 9.17) is 4.74 Å². The highest BCUT2D eigenvalue weighted by atomic mass is 16.5. The van der Waals surface area contributed by atoms with Gasteiger partial charge in [-0.1, -0.05) is 18.2 Å². The Bertz CT molecular complexity index is 1080. The molecule has 1 heterocycles. The van der Waals surface area contributed by atoms with Gasteiger partial charge in [0.2, 0.25) is 0 Å². The van der Waals surface area contributed by atoms with Crippen molar-refractivity contribution in [1.82, 2.24) is 14.9 Å². The van der Waals surface area contributed by atoms with Crippen LogP contribution in [0.15, 0.2) is 47.3 Å². The van der Waals surface area contributed by atoms with E-state index in [9.17, 15) is 14.7 Å². The van der Waals surface area contributed by atoms with Gasteiger partial charge in [-0.25, -0.2) is 4.79 Å². The Labute approximate surface area is 168 Å². The van der Waals surface area contributed by atoms with Crippen molar-refractivity contribution >= 4 is 16.9 Å². The van der Waals surface area contributed by atoms with E-state index in [1.807, 2.05) is 30.3 Å². The first kappa shape index (κ1) is 19.3. The number of ether oxygens (including phenoxy) is 1. The maximum Gasteiger partial charge on any atom is 0.326 e. The van der Waals surface area contributed by atoms with Gasteiger partial charge in [0.25, 0.3) is 5.91 Å². The highest BCUT2D eigenvalue weighted by Crippen LogP contribution is 2.30. The van der Waals surface area contributed by atoms with E-state index < -0.39 is 0 Å². The van der Waals surface area contributed by atoms with Crippen molar-refractivity contribution in [1.29, 1.82) is 0 Å². The van der Waals surface area contributed by atoms with Crippen molar-refractivity contribution in [2.75, 3.05) is 7.11 Å². The van der Waals surface area contributed by atoms with E-state index >= 15 is 0 Å². The fourth-order valence-electron chi connectivity index (χ4n) is 4.08. The first-order valence-electron chi connectivity index (χ1n) is 9.89. The highest BCUT2D eigenvalue weighted by molar-refractivity contribution is 5.97. The maximum atomic E-state index is 12.6. The number of amides is 1. The lowest BCUT2D eigenvalue weighted by Gasteiger charge is -2.26. The third kappa shape index (κ3) is 3.91. The molecule has 1 aromatic heterocycles. The Morgan fingerprint density at radius 2 is 1.97 bits per heavy atom. The van der Waals surface area contributed by atoms with Gasteiger partial charge in [0, 0.05) is 23.7 Å². The zero-order chi connectivity index (χ0) is 20.4. The van der Waals surface area contributed by atoms with Crippen LogP contribution >= 0.6 is 0 Å². The second-order valence-electron chi connectivity index (χ2n) is 7.49. The van der Waals surface area contributed by atoms with E-state index in [-0.39, 0.29) is 23.7 Å². The summed E-state index contributed by atoms with van der Waals surface area (Å²) in [5.74, 6) is 0.509. The van der Waals surface area contributed by atoms with E-state index in [0.29, 0.717) is 30.5 Å². The summed E-state index contributed by atoms with van der Waals surface area (Å²) >= 11 is 0. The molecule has 1 fully saturated rings. The van der Waals surface area contributed by atoms with Gasteiger partial charge in [0.05, 0.1) is 24.2 Å². The Morgan fingerprint density at radius 1 is 1.21 bits per heavy atom. The number of hydrogen-bond donors (Lipinski definition) is 3. The molecule has 1 aliphatic rings. The summed E-state index contributed by atoms with van der Waals surface area (Å²) in [6, 6.07) is 12.9. The summed E-state index contributed by atoms with van der Waals surface area (Å²) < 4.78 is 7.07. The van der Waals surface area contributed by atoms with Crippen molar-refractivity contribution in [3.63, 3.8) is 0 Å². The molecule has 29 heavy (non-hydrogen) atoms. The smallest absolute Gasteiger partial charge is 0.326 e. The molecule has 0 aliphatic heterocycles. The fraction of sp³-hybridized carbons (Fsp3) is 0.364. The number of H-pyrrole nitrogens is 1. The lowest BCUT2D eigenvalue weighted by molar-refractivity contribution is 0.0950. The minimum atomic E-state index is -0.273. The molecule has 1 saturated carbocycles. The molecule has 1 aliphatic carbocycles. The summed E-state index contributed by atoms with van der Waals surface area (Å²) in [5, 5.41) is 12.6. The van der Waals surface area contributed by atoms with Crippen LogP contribution in [-0.2, 0) is 6.54 Å². The SMILES string of the molecule is COc1ccccc1CNC(=O)c1ccc2c(c1)[nH]c(=O)n2C1CCC(O)CC1. The molecule has 3 aromatic rings. The Hall–Kier alpha value is -3.06. The number of imidazole rings is 1. The van der Waals surface area contributed by atoms with Gasteiger partial charge in [-0.2, -0.15) is 0 Å². The standard InChI is InChI=1S/C22H25N3O4/c1-29-20-5-3-2-4-15(20)13-23-21(27)14-6-11-19-18(12-14)24-22(28)25(19)16-7-9-17(26)10-8-16/h2-6,11-12,16-17,26H,7-10,13H2,1H3,(H,23,27)(H,24,28). The predicted molar refractivity (Wildman–Crippen MR) is 110 cm³/mol. The lowest BCUT2D eigenvalue weighted by atomic mass is 9.93. The van der Waals surface area contributed by atoms with Gasteiger partial charge in [-0.3, -0.25) is 9.36 Å². The summed E-state index contributed by atoms with van der Waals surface area (Å²) in [6.07, 6.45) is 2.68. The number of benzene rings is 2. The zero-order valence-corrected chi connectivity index (χ0v) is 16.4. The number of carbonyl (C=O) groups excluding carboxylic acids is 1. The number of aromatic amines is 1. The number of para-hydroxylation sites is 1. The molecule has 0 saturated heterocycles. The van der Waals surface area contributed by atoms with Crippen LogP contribution in [-0.4, -0.2) is 33.8 Å². The second kappa shape index (κ2) is 8.13. The zero-order valence-electron chi connectivity index (χ0n) is 16.4. The first-order valence-corrected chi connectivity index (χ1v) is 9.89. The minimum absolute atomic E-state index is 0.0740. The van der Waals surface area contributed by atoms with Crippen LogP contribution in [0.3, 0.4) is 0 Å². The summed E-state index contributed by atoms with van der Waals surface area (Å²) in [4.78, 5) is 28.0. The quantitative estimate of drug-likeness (QED) is 0.619. The van der Waals surface area contributed by atoms with Crippen molar-refractivity contribution in [3.8, 4) is 5.75 Å². The molecule has 2 aromatic carbocycles. The Kier molecular flexibility index (Phi) is 5.40. The van der Waals surface area contributed by atoms with Gasteiger partial charge in [0.15, 0.2) is 0 Å². The van der Waals surface area contributed by atoms with E-state index in [1.165, 1.54) is 0 Å². The third-order valence-corrected chi connectivity index (χ3v) is 5.64. The number of methoxy groups -OCH3 is 1. The minimum Gasteiger partial charge on any atom is -0.496 e. The summed E-state index contributed by atoms with van der Waals surface area (Å²) in [5.41, 5.74) is 2.64. The average molecular weight is 395 g/mol. The van der Waals surface area contributed by atoms with Crippen LogP contribution in [0, 0.1) is 0 Å². The average Bonchev–Trinajstić information content (AvgIpc) is 3.07. The number of fused-ring (bicyclic) bond motifs is 1. The molecule has 0 spiro atoms. The van der Waals surface area contributed by atoms with E-state index in [2.05, 4.69) is 10.3 Å². The second-order valence-corrected chi connectivity index (χ2v) is 7.49. The van der Waals surface area contributed by atoms with Crippen molar-refractivity contribution in [2.24, 2.45) is 0 Å². The molecular weight excluding hydrogens is 370 g/mol. The summed E-state index contributed by atoms with van der Waals surface area (Å²) in [7, 11) is 1.60. The molecule has 1 amide bonds. The van der Waals surface area contributed by atoms with Crippen LogP contribution in [0.5, 0.6) is 5.75 Å². The van der Waals surface area contributed by atoms with E-state index in [0.717, 1.165) is 29.7 Å². The molecule has 0 bridgehead atoms. The van der Waals surface area contributed by atoms with Gasteiger partial charge in [0.1, 0.15) is 5.75 Å². The van der Waals surface area contributed by atoms with Crippen LogP contribution in [0.2, 0.25) is 0 Å². The van der Waals surface area contributed by atoms with Crippen LogP contribution in [0.1, 0.15) is 47.6 Å². The van der Waals surface area contributed by atoms with Gasteiger partial charge in [-0.15, -0.1) is 0 Å². The normalized spacial score (nSPS) is 19.2. The van der Waals surface area contributed by atoms with Crippen LogP contribution < -0.4 is 15.7 Å². The van der Waals surface area contributed by atoms with Crippen LogP contribution in [0.25, 0.3) is 11.0 Å². The first-order chi connectivity index (χ1) is 14.1. The highest BCUT2D eigenvalue weighted by Gasteiger charge is 2.24. The van der Waals surface area contributed by atoms with Crippen LogP contribution in [0.4, 0.5) is 0 Å². The number of nitrogens with one attached hydrogen (secondary N) is 2. The van der Waals surface area contributed by atoms with Crippen molar-refractivity contribution in [3.05, 3.63) is 64.1 Å². The Balaban J connectivity index is 1.53. The molecule has 0 unspecified atom stereocenters. The van der Waals surface area contributed by atoms with Gasteiger partial charge in [-0.05, 0) is 49.9 Å². The van der Waals surface area contributed by atoms with Gasteiger partial charge < -0.3 is 20.1 Å². The molecule has 7 heteroatoms. The largest absolute Gasteiger partial charge is 0.496 e. The number of rotatable bonds is 5. The molecular formula is C22H25N3O4. The molecule has 7 nitrogen and oxygen atoms in total. The van der Waals surface area contributed by atoms with Crippen molar-refractivity contribution < 1.29 is 14.6 Å². The number of aliphatic hydroxyl groups excluding tert-OH is 1. The third-order valence-electron chi connectivity index (χ3n) is 5.64. The number of hydrogen-bond acceptors (Lipinski definition) is 4. The van der Waals surface area contributed by atoms with Crippen molar-refractivity contribution in [2.45, 2.75) is 44.4 Å². The molecule has 152 valence electrons. The Morgan fingerprint density at radius 3 is 2.72 bits per heavy atom. The predicted octanol–water partition coefficient (Wildman–Crippen LogP) is 2.74. The van der Waals surface area contributed by atoms with Gasteiger partial charge >= 0.3 is 5.69 Å². The summed E-state index contributed by atoms with van der Waals surface area (Å²) in [6.45, 7) is 0.350. The molecule has 0 radical (unpaired) electrons. The number of aromatic nitrogens is 2. The fourth-order valence-corrected chi connectivity index (χ4v) is 4.08. The topological polar surface area (TPSA) is 96.4 Å². The molecule has 4 rings (SSSR count). The number of carbonyl (C=O) groups is 1. The monoisotopic (exact) mass is 395 g/mol. The number of nitrogens with zero attached hydrogens (tertiary/aromatic N) is 1. The maximum absolute atomic E-state index is 12.6. The molecule has 3 N–H and O–H groups in total. The lowest BCUT2D eigenvalue weighted by Crippen LogP contribution is -2.27.